The predicted octanol–water partition coefficient (Wildman–Crippen LogP) is 3.20. The minimum Gasteiger partial charge on any atom is -0.357 e. The SMILES string of the molecule is Cc1ccc2[nH]c3c(c2c1)CCC[C@@H]3C(=O)N1CCc2nc[nH]c2C1. The molecule has 128 valence electrons. The predicted molar refractivity (Wildman–Crippen MR) is 96.4 cm³/mol. The number of H-pyrrole nitrogens is 2. The molecule has 0 unspecified atom stereocenters. The van der Waals surface area contributed by atoms with E-state index in [9.17, 15) is 4.79 Å². The highest BCUT2D eigenvalue weighted by Gasteiger charge is 2.34. The van der Waals surface area contributed by atoms with Crippen LogP contribution in [0.15, 0.2) is 24.5 Å². The van der Waals surface area contributed by atoms with Crippen molar-refractivity contribution in [2.45, 2.75) is 45.1 Å². The summed E-state index contributed by atoms with van der Waals surface area (Å²) in [6.07, 6.45) is 5.65. The number of nitrogens with one attached hydrogen (secondary N) is 2. The van der Waals surface area contributed by atoms with Crippen LogP contribution >= 0.6 is 0 Å². The first-order valence-corrected chi connectivity index (χ1v) is 9.11. The van der Waals surface area contributed by atoms with E-state index in [4.69, 9.17) is 0 Å². The van der Waals surface area contributed by atoms with Crippen molar-refractivity contribution in [3.63, 3.8) is 0 Å². The lowest BCUT2D eigenvalue weighted by molar-refractivity contribution is -0.134. The van der Waals surface area contributed by atoms with E-state index in [1.165, 1.54) is 16.5 Å². The zero-order valence-electron chi connectivity index (χ0n) is 14.4. The molecule has 1 aliphatic carbocycles. The molecule has 0 spiro atoms. The molecule has 1 atom stereocenters. The molecule has 1 amide bonds. The van der Waals surface area contributed by atoms with Gasteiger partial charge in [0.1, 0.15) is 0 Å². The summed E-state index contributed by atoms with van der Waals surface area (Å²) in [5, 5.41) is 1.29. The molecule has 0 saturated heterocycles. The van der Waals surface area contributed by atoms with Crippen LogP contribution in [0.5, 0.6) is 0 Å². The van der Waals surface area contributed by atoms with Crippen molar-refractivity contribution in [1.29, 1.82) is 0 Å². The van der Waals surface area contributed by atoms with E-state index < -0.39 is 0 Å². The van der Waals surface area contributed by atoms with Crippen molar-refractivity contribution in [2.24, 2.45) is 0 Å². The van der Waals surface area contributed by atoms with Gasteiger partial charge in [0, 0.05) is 29.6 Å². The number of aromatic nitrogens is 3. The highest BCUT2D eigenvalue weighted by atomic mass is 16.2. The summed E-state index contributed by atoms with van der Waals surface area (Å²) < 4.78 is 0. The Morgan fingerprint density at radius 3 is 3.16 bits per heavy atom. The Morgan fingerprint density at radius 1 is 1.32 bits per heavy atom. The van der Waals surface area contributed by atoms with E-state index in [0.717, 1.165) is 54.8 Å². The highest BCUT2D eigenvalue weighted by molar-refractivity contribution is 5.91. The van der Waals surface area contributed by atoms with E-state index in [1.807, 2.05) is 4.90 Å². The molecular weight excluding hydrogens is 312 g/mol. The second-order valence-electron chi connectivity index (χ2n) is 7.35. The lowest BCUT2D eigenvalue weighted by atomic mass is 9.85. The molecule has 0 bridgehead atoms. The maximum Gasteiger partial charge on any atom is 0.232 e. The second kappa shape index (κ2) is 5.48. The van der Waals surface area contributed by atoms with E-state index in [-0.39, 0.29) is 11.8 Å². The number of aryl methyl sites for hydroxylation is 2. The van der Waals surface area contributed by atoms with Crippen LogP contribution in [0.3, 0.4) is 0 Å². The van der Waals surface area contributed by atoms with Gasteiger partial charge in [0.15, 0.2) is 0 Å². The summed E-state index contributed by atoms with van der Waals surface area (Å²) in [6, 6.07) is 6.52. The molecule has 3 heterocycles. The molecule has 2 aliphatic rings. The van der Waals surface area contributed by atoms with Gasteiger partial charge in [0.25, 0.3) is 0 Å². The average molecular weight is 334 g/mol. The summed E-state index contributed by atoms with van der Waals surface area (Å²) in [4.78, 5) is 26.3. The minimum absolute atomic E-state index is 0.0408. The lowest BCUT2D eigenvalue weighted by Crippen LogP contribution is -2.40. The number of amides is 1. The number of nitrogens with zero attached hydrogens (tertiary/aromatic N) is 2. The number of hydrogen-bond donors (Lipinski definition) is 2. The maximum absolute atomic E-state index is 13.3. The Morgan fingerprint density at radius 2 is 2.24 bits per heavy atom. The molecule has 5 nitrogen and oxygen atoms in total. The number of hydrogen-bond acceptors (Lipinski definition) is 2. The Balaban J connectivity index is 1.50. The Hall–Kier alpha value is -2.56. The van der Waals surface area contributed by atoms with Crippen LogP contribution in [0.4, 0.5) is 0 Å². The third kappa shape index (κ3) is 2.29. The molecule has 1 aromatic carbocycles. The Kier molecular flexibility index (Phi) is 3.23. The van der Waals surface area contributed by atoms with Crippen LogP contribution in [0.25, 0.3) is 10.9 Å². The molecule has 1 aliphatic heterocycles. The molecule has 0 saturated carbocycles. The fourth-order valence-electron chi connectivity index (χ4n) is 4.44. The van der Waals surface area contributed by atoms with Crippen molar-refractivity contribution in [3.05, 3.63) is 52.7 Å². The van der Waals surface area contributed by atoms with Crippen LogP contribution in [0.1, 0.15) is 47.0 Å². The van der Waals surface area contributed by atoms with Gasteiger partial charge in [-0.05, 0) is 43.9 Å². The lowest BCUT2D eigenvalue weighted by Gasteiger charge is -2.31. The van der Waals surface area contributed by atoms with Crippen LogP contribution in [-0.4, -0.2) is 32.3 Å². The van der Waals surface area contributed by atoms with Gasteiger partial charge in [-0.15, -0.1) is 0 Å². The van der Waals surface area contributed by atoms with Gasteiger partial charge in [0.05, 0.1) is 30.2 Å². The summed E-state index contributed by atoms with van der Waals surface area (Å²) in [6.45, 7) is 3.54. The third-order valence-corrected chi connectivity index (χ3v) is 5.75. The minimum atomic E-state index is -0.0408. The molecule has 0 radical (unpaired) electrons. The third-order valence-electron chi connectivity index (χ3n) is 5.75. The maximum atomic E-state index is 13.3. The topological polar surface area (TPSA) is 64.8 Å². The van der Waals surface area contributed by atoms with Gasteiger partial charge >= 0.3 is 0 Å². The second-order valence-corrected chi connectivity index (χ2v) is 7.35. The van der Waals surface area contributed by atoms with Gasteiger partial charge in [-0.3, -0.25) is 4.79 Å². The average Bonchev–Trinajstić information content (AvgIpc) is 3.24. The Bertz CT molecular complexity index is 967. The number of carbonyl (C=O) groups is 1. The van der Waals surface area contributed by atoms with Gasteiger partial charge in [-0.1, -0.05) is 11.6 Å². The Labute approximate surface area is 146 Å². The largest absolute Gasteiger partial charge is 0.357 e. The number of imidazole rings is 1. The zero-order chi connectivity index (χ0) is 17.0. The number of rotatable bonds is 1. The number of fused-ring (bicyclic) bond motifs is 4. The first kappa shape index (κ1) is 14.8. The molecule has 0 fully saturated rings. The van der Waals surface area contributed by atoms with Crippen molar-refractivity contribution in [2.75, 3.05) is 6.54 Å². The molecule has 5 rings (SSSR count). The van der Waals surface area contributed by atoms with Crippen molar-refractivity contribution < 1.29 is 4.79 Å². The smallest absolute Gasteiger partial charge is 0.232 e. The van der Waals surface area contributed by atoms with E-state index in [1.54, 1.807) is 6.33 Å². The van der Waals surface area contributed by atoms with E-state index in [0.29, 0.717) is 6.54 Å². The summed E-state index contributed by atoms with van der Waals surface area (Å²) in [7, 11) is 0. The molecular formula is C20H22N4O. The first-order valence-electron chi connectivity index (χ1n) is 9.11. The normalized spacial score (nSPS) is 19.7. The number of aromatic amines is 2. The fraction of sp³-hybridized carbons (Fsp3) is 0.400. The van der Waals surface area contributed by atoms with E-state index >= 15 is 0 Å². The van der Waals surface area contributed by atoms with Crippen LogP contribution in [0, 0.1) is 6.92 Å². The van der Waals surface area contributed by atoms with E-state index in [2.05, 4.69) is 40.1 Å². The molecule has 3 aromatic rings. The zero-order valence-corrected chi connectivity index (χ0v) is 14.4. The van der Waals surface area contributed by atoms with Crippen molar-refractivity contribution >= 4 is 16.8 Å². The molecule has 2 aromatic heterocycles. The highest BCUT2D eigenvalue weighted by Crippen LogP contribution is 2.38. The van der Waals surface area contributed by atoms with Gasteiger partial charge in [-0.25, -0.2) is 4.98 Å². The quantitative estimate of drug-likeness (QED) is 0.718. The standard InChI is InChI=1S/C20H22N4O/c1-12-5-6-16-15(9-12)13-3-2-4-14(19(13)23-16)20(25)24-8-7-17-18(10-24)22-11-21-17/h5-6,9,11,14,23H,2-4,7-8,10H2,1H3,(H,21,22)/t14-/m0/s1. The van der Waals surface area contributed by atoms with Crippen LogP contribution in [0.2, 0.25) is 0 Å². The number of carbonyl (C=O) groups excluding carboxylic acids is 1. The van der Waals surface area contributed by atoms with Gasteiger partial charge < -0.3 is 14.9 Å². The monoisotopic (exact) mass is 334 g/mol. The van der Waals surface area contributed by atoms with Crippen molar-refractivity contribution in [3.8, 4) is 0 Å². The van der Waals surface area contributed by atoms with Crippen LogP contribution in [-0.2, 0) is 24.2 Å². The summed E-state index contributed by atoms with van der Waals surface area (Å²) in [5.41, 5.74) is 7.11. The molecule has 2 N–H and O–H groups in total. The summed E-state index contributed by atoms with van der Waals surface area (Å²) in [5.74, 6) is 0.213. The molecule has 5 heteroatoms. The van der Waals surface area contributed by atoms with Crippen LogP contribution < -0.4 is 0 Å². The summed E-state index contributed by atoms with van der Waals surface area (Å²) >= 11 is 0. The van der Waals surface area contributed by atoms with Crippen molar-refractivity contribution in [1.82, 2.24) is 19.9 Å². The molecule has 25 heavy (non-hydrogen) atoms. The van der Waals surface area contributed by atoms with Gasteiger partial charge in [0.2, 0.25) is 5.91 Å². The fourth-order valence-corrected chi connectivity index (χ4v) is 4.44. The van der Waals surface area contributed by atoms with Gasteiger partial charge in [-0.2, -0.15) is 0 Å². The number of benzene rings is 1. The first-order chi connectivity index (χ1) is 12.2.